The van der Waals surface area contributed by atoms with Crippen LogP contribution in [-0.2, 0) is 11.2 Å². The number of benzene rings is 1. The van der Waals surface area contributed by atoms with E-state index in [9.17, 15) is 4.79 Å². The smallest absolute Gasteiger partial charge is 0.277 e. The molecule has 1 aliphatic heterocycles. The molecule has 1 aromatic heterocycles. The number of likely N-dealkylation sites (tertiary alicyclic amines) is 1. The van der Waals surface area contributed by atoms with E-state index in [-0.39, 0.29) is 11.9 Å². The lowest BCUT2D eigenvalue weighted by Crippen LogP contribution is -2.45. The highest BCUT2D eigenvalue weighted by Gasteiger charge is 2.24. The number of aromatic nitrogens is 2. The molecule has 1 atom stereocenters. The first-order valence-electron chi connectivity index (χ1n) is 9.64. The number of hydrogen-bond acceptors (Lipinski definition) is 6. The van der Waals surface area contributed by atoms with Crippen LogP contribution in [0.3, 0.4) is 0 Å². The third-order valence-corrected chi connectivity index (χ3v) is 5.60. The molecule has 1 aromatic carbocycles. The number of amides is 1. The average molecular weight is 389 g/mol. The second kappa shape index (κ2) is 9.26. The Bertz CT molecular complexity index is 745. The first kappa shape index (κ1) is 19.7. The number of carbonyl (C=O) groups excluding carboxylic acids is 1. The summed E-state index contributed by atoms with van der Waals surface area (Å²) in [6.07, 6.45) is 2.80. The molecule has 1 amide bonds. The average Bonchev–Trinajstić information content (AvgIpc) is 3.15. The van der Waals surface area contributed by atoms with Crippen LogP contribution in [0.2, 0.25) is 0 Å². The first-order chi connectivity index (χ1) is 13.0. The molecule has 146 valence electrons. The minimum atomic E-state index is 0.123. The minimum Gasteiger partial charge on any atom is -0.416 e. The summed E-state index contributed by atoms with van der Waals surface area (Å²) in [4.78, 5) is 14.5. The number of piperidine rings is 1. The summed E-state index contributed by atoms with van der Waals surface area (Å²) >= 11 is 1.32. The fourth-order valence-corrected chi connectivity index (χ4v) is 3.86. The van der Waals surface area contributed by atoms with Crippen molar-refractivity contribution in [2.24, 2.45) is 0 Å². The van der Waals surface area contributed by atoms with E-state index in [1.165, 1.54) is 17.3 Å². The molecule has 2 heterocycles. The molecule has 0 radical (unpaired) electrons. The van der Waals surface area contributed by atoms with Crippen LogP contribution in [0.1, 0.15) is 51.0 Å². The minimum absolute atomic E-state index is 0.123. The van der Waals surface area contributed by atoms with Gasteiger partial charge in [-0.15, -0.1) is 10.2 Å². The number of hydrogen-bond donors (Lipinski definition) is 1. The predicted octanol–water partition coefficient (Wildman–Crippen LogP) is 3.95. The molecule has 0 saturated carbocycles. The van der Waals surface area contributed by atoms with Gasteiger partial charge < -0.3 is 14.6 Å². The van der Waals surface area contributed by atoms with E-state index in [1.54, 1.807) is 0 Å². The molecule has 2 aromatic rings. The molecule has 6 nitrogen and oxygen atoms in total. The van der Waals surface area contributed by atoms with Crippen molar-refractivity contribution in [1.82, 2.24) is 15.1 Å². The maximum atomic E-state index is 12.6. The predicted molar refractivity (Wildman–Crippen MR) is 108 cm³/mol. The van der Waals surface area contributed by atoms with Crippen molar-refractivity contribution in [2.45, 2.75) is 57.2 Å². The van der Waals surface area contributed by atoms with Crippen molar-refractivity contribution < 1.29 is 9.21 Å². The van der Waals surface area contributed by atoms with Crippen LogP contribution in [0.15, 0.2) is 33.9 Å². The largest absolute Gasteiger partial charge is 0.416 e. The van der Waals surface area contributed by atoms with Crippen LogP contribution in [0, 0.1) is 0 Å². The van der Waals surface area contributed by atoms with Crippen LogP contribution in [0.4, 0.5) is 5.69 Å². The van der Waals surface area contributed by atoms with E-state index in [2.05, 4.69) is 53.6 Å². The monoisotopic (exact) mass is 388 g/mol. The second-order valence-electron chi connectivity index (χ2n) is 7.20. The van der Waals surface area contributed by atoms with Gasteiger partial charge in [-0.1, -0.05) is 44.7 Å². The van der Waals surface area contributed by atoms with Gasteiger partial charge in [-0.25, -0.2) is 0 Å². The summed E-state index contributed by atoms with van der Waals surface area (Å²) in [5, 5.41) is 11.9. The van der Waals surface area contributed by atoms with E-state index in [0.717, 1.165) is 31.6 Å². The number of nitrogens with one attached hydrogen (secondary N) is 1. The Balaban J connectivity index is 1.49. The third kappa shape index (κ3) is 5.48. The molecule has 0 bridgehead atoms. The van der Waals surface area contributed by atoms with E-state index in [0.29, 0.717) is 29.2 Å². The molecule has 0 aliphatic carbocycles. The van der Waals surface area contributed by atoms with Crippen LogP contribution in [-0.4, -0.2) is 45.9 Å². The summed E-state index contributed by atoms with van der Waals surface area (Å²) in [5.41, 5.74) is 2.45. The molecule has 27 heavy (non-hydrogen) atoms. The van der Waals surface area contributed by atoms with Gasteiger partial charge in [0.15, 0.2) is 0 Å². The maximum Gasteiger partial charge on any atom is 0.277 e. The highest BCUT2D eigenvalue weighted by Crippen LogP contribution is 2.22. The SMILES string of the molecule is CCc1nnc(SCC(=O)N2CCCC(Nc3ccc(C(C)C)cc3)C2)o1. The van der Waals surface area contributed by atoms with Crippen LogP contribution >= 0.6 is 11.8 Å². The zero-order valence-corrected chi connectivity index (χ0v) is 17.1. The van der Waals surface area contributed by atoms with Crippen molar-refractivity contribution in [2.75, 3.05) is 24.2 Å². The van der Waals surface area contributed by atoms with E-state index in [1.807, 2.05) is 11.8 Å². The lowest BCUT2D eigenvalue weighted by molar-refractivity contribution is -0.129. The fraction of sp³-hybridized carbons (Fsp3) is 0.550. The van der Waals surface area contributed by atoms with Crippen LogP contribution < -0.4 is 5.32 Å². The third-order valence-electron chi connectivity index (χ3n) is 4.79. The van der Waals surface area contributed by atoms with Crippen molar-refractivity contribution in [3.8, 4) is 0 Å². The van der Waals surface area contributed by atoms with Gasteiger partial charge in [-0.2, -0.15) is 0 Å². The van der Waals surface area contributed by atoms with Gasteiger partial charge in [0, 0.05) is 31.2 Å². The zero-order valence-electron chi connectivity index (χ0n) is 16.3. The molecule has 1 saturated heterocycles. The van der Waals surface area contributed by atoms with Gasteiger partial charge in [0.1, 0.15) is 0 Å². The van der Waals surface area contributed by atoms with Crippen molar-refractivity contribution in [3.05, 3.63) is 35.7 Å². The fourth-order valence-electron chi connectivity index (χ4n) is 3.18. The highest BCUT2D eigenvalue weighted by molar-refractivity contribution is 7.99. The number of thioether (sulfide) groups is 1. The molecule has 3 rings (SSSR count). The van der Waals surface area contributed by atoms with Crippen LogP contribution in [0.5, 0.6) is 0 Å². The molecule has 1 unspecified atom stereocenters. The highest BCUT2D eigenvalue weighted by atomic mass is 32.2. The normalized spacial score (nSPS) is 17.3. The molecule has 1 N–H and O–H groups in total. The van der Waals surface area contributed by atoms with Crippen LogP contribution in [0.25, 0.3) is 0 Å². The number of anilines is 1. The number of rotatable bonds is 7. The molecule has 1 fully saturated rings. The molecule has 1 aliphatic rings. The molecule has 0 spiro atoms. The Hall–Kier alpha value is -2.02. The maximum absolute atomic E-state index is 12.6. The summed E-state index contributed by atoms with van der Waals surface area (Å²) in [6.45, 7) is 7.90. The molecular weight excluding hydrogens is 360 g/mol. The Kier molecular flexibility index (Phi) is 6.77. The van der Waals surface area contributed by atoms with Gasteiger partial charge in [0.25, 0.3) is 5.22 Å². The number of carbonyl (C=O) groups is 1. The van der Waals surface area contributed by atoms with E-state index < -0.39 is 0 Å². The van der Waals surface area contributed by atoms with Gasteiger partial charge in [-0.3, -0.25) is 4.79 Å². The van der Waals surface area contributed by atoms with Crippen molar-refractivity contribution >= 4 is 23.4 Å². The Morgan fingerprint density at radius 2 is 2.11 bits per heavy atom. The van der Waals surface area contributed by atoms with Gasteiger partial charge in [0.2, 0.25) is 11.8 Å². The topological polar surface area (TPSA) is 71.3 Å². The summed E-state index contributed by atoms with van der Waals surface area (Å²) in [6, 6.07) is 8.89. The van der Waals surface area contributed by atoms with Gasteiger partial charge in [0.05, 0.1) is 5.75 Å². The molecular formula is C20H28N4O2S. The van der Waals surface area contributed by atoms with Crippen molar-refractivity contribution in [1.29, 1.82) is 0 Å². The lowest BCUT2D eigenvalue weighted by Gasteiger charge is -2.33. The van der Waals surface area contributed by atoms with Crippen molar-refractivity contribution in [3.63, 3.8) is 0 Å². The number of nitrogens with zero attached hydrogens (tertiary/aromatic N) is 3. The lowest BCUT2D eigenvalue weighted by atomic mass is 10.0. The second-order valence-corrected chi connectivity index (χ2v) is 8.13. The summed E-state index contributed by atoms with van der Waals surface area (Å²) < 4.78 is 5.45. The van der Waals surface area contributed by atoms with E-state index in [4.69, 9.17) is 4.42 Å². The molecule has 7 heteroatoms. The first-order valence-corrected chi connectivity index (χ1v) is 10.6. The number of aryl methyl sites for hydroxylation is 1. The Morgan fingerprint density at radius 3 is 2.78 bits per heavy atom. The standard InChI is InChI=1S/C20H28N4O2S/c1-4-18-22-23-20(26-18)27-13-19(25)24-11-5-6-17(12-24)21-16-9-7-15(8-10-16)14(2)3/h7-10,14,17,21H,4-6,11-13H2,1-3H3. The van der Waals surface area contributed by atoms with Gasteiger partial charge in [-0.05, 0) is 36.5 Å². The quantitative estimate of drug-likeness (QED) is 0.724. The van der Waals surface area contributed by atoms with Gasteiger partial charge >= 0.3 is 0 Å². The Morgan fingerprint density at radius 1 is 1.33 bits per heavy atom. The van der Waals surface area contributed by atoms with E-state index >= 15 is 0 Å². The zero-order chi connectivity index (χ0) is 19.2. The summed E-state index contributed by atoms with van der Waals surface area (Å²) in [7, 11) is 0. The summed E-state index contributed by atoms with van der Waals surface area (Å²) in [5.74, 6) is 1.60. The Labute approximate surface area is 165 Å².